The predicted molar refractivity (Wildman–Crippen MR) is 107 cm³/mol. The molecule has 0 aliphatic rings. The lowest BCUT2D eigenvalue weighted by atomic mass is 10.1. The zero-order valence-corrected chi connectivity index (χ0v) is 16.2. The van der Waals surface area contributed by atoms with Gasteiger partial charge in [0, 0.05) is 30.7 Å². The van der Waals surface area contributed by atoms with E-state index in [1.807, 2.05) is 41.8 Å². The number of nitrogens with one attached hydrogen (secondary N) is 1. The first kappa shape index (κ1) is 19.0. The van der Waals surface area contributed by atoms with E-state index in [2.05, 4.69) is 15.3 Å². The molecular weight excluding hydrogens is 358 g/mol. The van der Waals surface area contributed by atoms with Gasteiger partial charge in [0.05, 0.1) is 24.2 Å². The van der Waals surface area contributed by atoms with Gasteiger partial charge in [-0.15, -0.1) is 11.3 Å². The van der Waals surface area contributed by atoms with Gasteiger partial charge in [0.1, 0.15) is 5.75 Å². The number of aryl methyl sites for hydroxylation is 2. The molecule has 0 bridgehead atoms. The second-order valence-electron chi connectivity index (χ2n) is 6.21. The normalized spacial score (nSPS) is 10.6. The minimum absolute atomic E-state index is 0.00879. The Labute approximate surface area is 163 Å². The van der Waals surface area contributed by atoms with Crippen molar-refractivity contribution in [2.75, 3.05) is 13.7 Å². The Bertz CT molecular complexity index is 847. The van der Waals surface area contributed by atoms with E-state index < -0.39 is 0 Å². The summed E-state index contributed by atoms with van der Waals surface area (Å²) in [5.41, 5.74) is 3.26. The van der Waals surface area contributed by atoms with Crippen LogP contribution in [0.25, 0.3) is 0 Å². The highest BCUT2D eigenvalue weighted by molar-refractivity contribution is 7.09. The Morgan fingerprint density at radius 1 is 1.04 bits per heavy atom. The molecule has 2 heterocycles. The van der Waals surface area contributed by atoms with Gasteiger partial charge in [-0.25, -0.2) is 4.98 Å². The smallest absolute Gasteiger partial charge is 0.226 e. The maximum absolute atomic E-state index is 12.1. The van der Waals surface area contributed by atoms with E-state index in [4.69, 9.17) is 4.74 Å². The van der Waals surface area contributed by atoms with Crippen molar-refractivity contribution in [1.82, 2.24) is 15.3 Å². The van der Waals surface area contributed by atoms with Crippen LogP contribution in [-0.4, -0.2) is 29.5 Å². The molecule has 3 rings (SSSR count). The van der Waals surface area contributed by atoms with Crippen molar-refractivity contribution in [3.8, 4) is 5.75 Å². The van der Waals surface area contributed by atoms with Crippen molar-refractivity contribution >= 4 is 17.2 Å². The molecule has 1 amide bonds. The van der Waals surface area contributed by atoms with Gasteiger partial charge in [-0.2, -0.15) is 0 Å². The lowest BCUT2D eigenvalue weighted by Gasteiger charge is -2.05. The average Bonchev–Trinajstić information content (AvgIpc) is 3.15. The first-order chi connectivity index (χ1) is 13.2. The number of hydrogen-bond donors (Lipinski definition) is 1. The van der Waals surface area contributed by atoms with E-state index in [0.717, 1.165) is 35.7 Å². The summed E-state index contributed by atoms with van der Waals surface area (Å²) in [6, 6.07) is 11.9. The fraction of sp³-hybridized carbons (Fsp3) is 0.286. The Hall–Kier alpha value is -2.73. The zero-order chi connectivity index (χ0) is 18.9. The first-order valence-corrected chi connectivity index (χ1v) is 9.82. The summed E-state index contributed by atoms with van der Waals surface area (Å²) in [5, 5.41) is 6.00. The Morgan fingerprint density at radius 3 is 2.52 bits per heavy atom. The van der Waals surface area contributed by atoms with Crippen LogP contribution in [0.4, 0.5) is 0 Å². The number of hydrogen-bond acceptors (Lipinski definition) is 5. The third kappa shape index (κ3) is 6.18. The van der Waals surface area contributed by atoms with E-state index in [1.54, 1.807) is 30.8 Å². The van der Waals surface area contributed by atoms with Gasteiger partial charge in [0.25, 0.3) is 0 Å². The molecule has 3 aromatic rings. The summed E-state index contributed by atoms with van der Waals surface area (Å²) in [7, 11) is 1.65. The molecule has 0 aliphatic carbocycles. The molecule has 0 saturated carbocycles. The molecule has 140 valence electrons. The van der Waals surface area contributed by atoms with Gasteiger partial charge in [-0.1, -0.05) is 12.1 Å². The third-order valence-corrected chi connectivity index (χ3v) is 5.17. The van der Waals surface area contributed by atoms with Gasteiger partial charge in [0.2, 0.25) is 5.91 Å². The van der Waals surface area contributed by atoms with E-state index >= 15 is 0 Å². The number of benzene rings is 1. The summed E-state index contributed by atoms with van der Waals surface area (Å²) in [4.78, 5) is 20.7. The first-order valence-electron chi connectivity index (χ1n) is 8.95. The molecule has 0 radical (unpaired) electrons. The maximum Gasteiger partial charge on any atom is 0.226 e. The third-order valence-electron chi connectivity index (χ3n) is 4.21. The van der Waals surface area contributed by atoms with Crippen molar-refractivity contribution in [3.63, 3.8) is 0 Å². The lowest BCUT2D eigenvalue weighted by Crippen LogP contribution is -2.27. The Kier molecular flexibility index (Phi) is 6.93. The number of carbonyl (C=O) groups excluding carboxylic acids is 1. The SMILES string of the molecule is COc1ccc(CCNC(=O)Cc2csc(CCc3ccncc3)n2)cc1. The zero-order valence-electron chi connectivity index (χ0n) is 15.4. The molecule has 0 fully saturated rings. The number of rotatable bonds is 9. The van der Waals surface area contributed by atoms with Crippen LogP contribution in [0.1, 0.15) is 21.8 Å². The minimum atomic E-state index is 0.00879. The van der Waals surface area contributed by atoms with E-state index in [-0.39, 0.29) is 5.91 Å². The molecular formula is C21H23N3O2S. The molecule has 1 aromatic carbocycles. The number of methoxy groups -OCH3 is 1. The van der Waals surface area contributed by atoms with Crippen molar-refractivity contribution < 1.29 is 9.53 Å². The fourth-order valence-electron chi connectivity index (χ4n) is 2.71. The second-order valence-corrected chi connectivity index (χ2v) is 7.16. The number of amides is 1. The van der Waals surface area contributed by atoms with Gasteiger partial charge in [0.15, 0.2) is 0 Å². The highest BCUT2D eigenvalue weighted by Crippen LogP contribution is 2.14. The van der Waals surface area contributed by atoms with Crippen molar-refractivity contribution in [3.05, 3.63) is 76.0 Å². The number of thiazole rings is 1. The quantitative estimate of drug-likeness (QED) is 0.618. The molecule has 0 aliphatic heterocycles. The standard InChI is InChI=1S/C21H23N3O2S/c1-26-19-5-2-16(3-6-19)10-13-23-20(25)14-18-15-27-21(24-18)7-4-17-8-11-22-12-9-17/h2-3,5-6,8-9,11-12,15H,4,7,10,13-14H2,1H3,(H,23,25). The van der Waals surface area contributed by atoms with E-state index in [1.165, 1.54) is 11.1 Å². The number of aromatic nitrogens is 2. The second kappa shape index (κ2) is 9.83. The van der Waals surface area contributed by atoms with Crippen LogP contribution in [0.2, 0.25) is 0 Å². The summed E-state index contributed by atoms with van der Waals surface area (Å²) in [5.74, 6) is 0.848. The van der Waals surface area contributed by atoms with Gasteiger partial charge < -0.3 is 10.1 Å². The average molecular weight is 382 g/mol. The van der Waals surface area contributed by atoms with Crippen molar-refractivity contribution in [2.24, 2.45) is 0 Å². The molecule has 1 N–H and O–H groups in total. The van der Waals surface area contributed by atoms with Crippen LogP contribution in [0.15, 0.2) is 54.2 Å². The number of nitrogens with zero attached hydrogens (tertiary/aromatic N) is 2. The number of ether oxygens (including phenoxy) is 1. The molecule has 2 aromatic heterocycles. The van der Waals surface area contributed by atoms with Crippen LogP contribution in [0.5, 0.6) is 5.75 Å². The predicted octanol–water partition coefficient (Wildman–Crippen LogP) is 3.23. The van der Waals surface area contributed by atoms with Crippen LogP contribution >= 0.6 is 11.3 Å². The van der Waals surface area contributed by atoms with Crippen LogP contribution in [0.3, 0.4) is 0 Å². The Morgan fingerprint density at radius 2 is 1.78 bits per heavy atom. The minimum Gasteiger partial charge on any atom is -0.497 e. The highest BCUT2D eigenvalue weighted by Gasteiger charge is 2.08. The molecule has 27 heavy (non-hydrogen) atoms. The number of carbonyl (C=O) groups is 1. The summed E-state index contributed by atoms with van der Waals surface area (Å²) >= 11 is 1.62. The summed E-state index contributed by atoms with van der Waals surface area (Å²) in [6.07, 6.45) is 6.55. The van der Waals surface area contributed by atoms with Crippen molar-refractivity contribution in [2.45, 2.75) is 25.7 Å². The molecule has 0 unspecified atom stereocenters. The maximum atomic E-state index is 12.1. The fourth-order valence-corrected chi connectivity index (χ4v) is 3.51. The summed E-state index contributed by atoms with van der Waals surface area (Å²) in [6.45, 7) is 0.615. The Balaban J connectivity index is 1.39. The largest absolute Gasteiger partial charge is 0.497 e. The number of pyridine rings is 1. The van der Waals surface area contributed by atoms with E-state index in [9.17, 15) is 4.79 Å². The molecule has 0 spiro atoms. The van der Waals surface area contributed by atoms with Crippen LogP contribution < -0.4 is 10.1 Å². The van der Waals surface area contributed by atoms with Crippen molar-refractivity contribution in [1.29, 1.82) is 0 Å². The molecule has 5 nitrogen and oxygen atoms in total. The van der Waals surface area contributed by atoms with Gasteiger partial charge >= 0.3 is 0 Å². The topological polar surface area (TPSA) is 64.1 Å². The van der Waals surface area contributed by atoms with Crippen LogP contribution in [-0.2, 0) is 30.5 Å². The monoisotopic (exact) mass is 381 g/mol. The van der Waals surface area contributed by atoms with Gasteiger partial charge in [-0.05, 0) is 48.2 Å². The molecule has 0 saturated heterocycles. The molecule has 0 atom stereocenters. The van der Waals surface area contributed by atoms with Gasteiger partial charge in [-0.3, -0.25) is 9.78 Å². The summed E-state index contributed by atoms with van der Waals surface area (Å²) < 4.78 is 5.14. The lowest BCUT2D eigenvalue weighted by molar-refractivity contribution is -0.120. The molecule has 6 heteroatoms. The van der Waals surface area contributed by atoms with Crippen LogP contribution in [0, 0.1) is 0 Å². The van der Waals surface area contributed by atoms with E-state index in [0.29, 0.717) is 13.0 Å². The highest BCUT2D eigenvalue weighted by atomic mass is 32.1.